The first-order chi connectivity index (χ1) is 9.74. The van der Waals surface area contributed by atoms with Gasteiger partial charge >= 0.3 is 5.63 Å². The van der Waals surface area contributed by atoms with E-state index in [1.54, 1.807) is 12.1 Å². The van der Waals surface area contributed by atoms with Crippen molar-refractivity contribution in [2.24, 2.45) is 0 Å². The van der Waals surface area contributed by atoms with Crippen LogP contribution >= 0.6 is 15.9 Å². The third-order valence-electron chi connectivity index (χ3n) is 2.95. The van der Waals surface area contributed by atoms with Gasteiger partial charge in [0.1, 0.15) is 12.2 Å². The summed E-state index contributed by atoms with van der Waals surface area (Å²) in [6.45, 7) is 0.310. The maximum atomic E-state index is 11.8. The van der Waals surface area contributed by atoms with E-state index in [9.17, 15) is 4.79 Å². The molecule has 100 valence electrons. The summed E-state index contributed by atoms with van der Waals surface area (Å²) in [4.78, 5) is 11.8. The van der Waals surface area contributed by atoms with Gasteiger partial charge in [-0.15, -0.1) is 0 Å². The normalized spacial score (nSPS) is 10.7. The van der Waals surface area contributed by atoms with Crippen LogP contribution in [0.25, 0.3) is 11.0 Å². The third kappa shape index (κ3) is 2.60. The highest BCUT2D eigenvalue weighted by Crippen LogP contribution is 2.20. The van der Waals surface area contributed by atoms with Crippen molar-refractivity contribution in [3.63, 3.8) is 0 Å². The first kappa shape index (κ1) is 12.9. The molecule has 0 saturated heterocycles. The fraction of sp³-hybridized carbons (Fsp3) is 0.0625. The van der Waals surface area contributed by atoms with Crippen LogP contribution in [0.15, 0.2) is 68.3 Å². The maximum Gasteiger partial charge on any atom is 0.379 e. The van der Waals surface area contributed by atoms with E-state index in [1.807, 2.05) is 42.5 Å². The smallest absolute Gasteiger partial charge is 0.379 e. The minimum absolute atomic E-state index is 0.222. The minimum Gasteiger partial charge on any atom is -0.482 e. The van der Waals surface area contributed by atoms with Crippen LogP contribution in [0.1, 0.15) is 5.56 Å². The number of hydrogen-bond donors (Lipinski definition) is 0. The molecule has 1 heterocycles. The molecule has 1 aromatic heterocycles. The Hall–Kier alpha value is -2.07. The van der Waals surface area contributed by atoms with Crippen LogP contribution in [-0.4, -0.2) is 0 Å². The Labute approximate surface area is 123 Å². The molecule has 0 aliphatic carbocycles. The summed E-state index contributed by atoms with van der Waals surface area (Å²) in [5, 5.41) is 0.842. The molecule has 0 N–H and O–H groups in total. The number of rotatable bonds is 3. The maximum absolute atomic E-state index is 11.8. The van der Waals surface area contributed by atoms with Crippen LogP contribution in [0.3, 0.4) is 0 Å². The van der Waals surface area contributed by atoms with Crippen molar-refractivity contribution >= 4 is 26.9 Å². The van der Waals surface area contributed by atoms with Crippen molar-refractivity contribution in [3.8, 4) is 5.75 Å². The summed E-state index contributed by atoms with van der Waals surface area (Å²) in [6, 6.07) is 16.8. The summed E-state index contributed by atoms with van der Waals surface area (Å²) in [6.07, 6.45) is 0. The molecule has 20 heavy (non-hydrogen) atoms. The van der Waals surface area contributed by atoms with Gasteiger partial charge < -0.3 is 9.15 Å². The van der Waals surface area contributed by atoms with E-state index in [2.05, 4.69) is 15.9 Å². The number of benzene rings is 2. The predicted molar refractivity (Wildman–Crippen MR) is 81.0 cm³/mol. The standard InChI is InChI=1S/C16H11BrO3/c17-13-7-3-1-6-12(13)10-19-15-9-11-5-2-4-8-14(11)20-16(15)18/h1-9H,10H2. The summed E-state index contributed by atoms with van der Waals surface area (Å²) in [5.74, 6) is 0.222. The summed E-state index contributed by atoms with van der Waals surface area (Å²) in [5.41, 5.74) is 1.07. The van der Waals surface area contributed by atoms with Crippen LogP contribution < -0.4 is 10.4 Å². The second-order valence-corrected chi connectivity index (χ2v) is 5.17. The van der Waals surface area contributed by atoms with Gasteiger partial charge in [-0.05, 0) is 18.2 Å². The highest BCUT2D eigenvalue weighted by atomic mass is 79.9. The SMILES string of the molecule is O=c1oc2ccccc2cc1OCc1ccccc1Br. The Morgan fingerprint density at radius 3 is 2.65 bits per heavy atom. The molecule has 0 radical (unpaired) electrons. The van der Waals surface area contributed by atoms with Crippen molar-refractivity contribution in [1.82, 2.24) is 0 Å². The molecule has 4 heteroatoms. The van der Waals surface area contributed by atoms with E-state index in [-0.39, 0.29) is 5.75 Å². The highest BCUT2D eigenvalue weighted by Gasteiger charge is 2.07. The van der Waals surface area contributed by atoms with E-state index >= 15 is 0 Å². The average Bonchev–Trinajstić information content (AvgIpc) is 2.46. The lowest BCUT2D eigenvalue weighted by Gasteiger charge is -2.07. The van der Waals surface area contributed by atoms with Crippen LogP contribution in [-0.2, 0) is 6.61 Å². The van der Waals surface area contributed by atoms with E-state index < -0.39 is 5.63 Å². The lowest BCUT2D eigenvalue weighted by molar-refractivity contribution is 0.290. The van der Waals surface area contributed by atoms with Crippen molar-refractivity contribution in [1.29, 1.82) is 0 Å². The zero-order valence-electron chi connectivity index (χ0n) is 10.5. The van der Waals surface area contributed by atoms with Crippen LogP contribution in [0.5, 0.6) is 5.75 Å². The summed E-state index contributed by atoms with van der Waals surface area (Å²) in [7, 11) is 0. The molecular weight excluding hydrogens is 320 g/mol. The first-order valence-corrected chi connectivity index (χ1v) is 6.92. The molecule has 0 unspecified atom stereocenters. The number of para-hydroxylation sites is 1. The zero-order valence-corrected chi connectivity index (χ0v) is 12.1. The molecule has 0 fully saturated rings. The number of ether oxygens (including phenoxy) is 1. The lowest BCUT2D eigenvalue weighted by Crippen LogP contribution is -2.07. The molecule has 0 bridgehead atoms. The summed E-state index contributed by atoms with van der Waals surface area (Å²) >= 11 is 3.45. The van der Waals surface area contributed by atoms with Gasteiger partial charge in [0.2, 0.25) is 5.75 Å². The van der Waals surface area contributed by atoms with Gasteiger partial charge in [-0.2, -0.15) is 0 Å². The molecule has 0 atom stereocenters. The fourth-order valence-electron chi connectivity index (χ4n) is 1.91. The van der Waals surface area contributed by atoms with Gasteiger partial charge in [-0.25, -0.2) is 4.79 Å². The fourth-order valence-corrected chi connectivity index (χ4v) is 2.31. The molecular formula is C16H11BrO3. The number of hydrogen-bond acceptors (Lipinski definition) is 3. The van der Waals surface area contributed by atoms with Gasteiger partial charge in [0.15, 0.2) is 0 Å². The van der Waals surface area contributed by atoms with Gasteiger partial charge in [0.25, 0.3) is 0 Å². The molecule has 3 rings (SSSR count). The Morgan fingerprint density at radius 2 is 1.80 bits per heavy atom. The number of halogens is 1. The molecule has 0 aliphatic heterocycles. The molecule has 0 spiro atoms. The monoisotopic (exact) mass is 330 g/mol. The van der Waals surface area contributed by atoms with Crippen LogP contribution in [0.4, 0.5) is 0 Å². The summed E-state index contributed by atoms with van der Waals surface area (Å²) < 4.78 is 11.7. The van der Waals surface area contributed by atoms with E-state index in [4.69, 9.17) is 9.15 Å². The Balaban J connectivity index is 1.89. The first-order valence-electron chi connectivity index (χ1n) is 6.13. The van der Waals surface area contributed by atoms with E-state index in [0.29, 0.717) is 12.2 Å². The molecule has 0 amide bonds. The molecule has 3 aromatic rings. The quantitative estimate of drug-likeness (QED) is 0.677. The predicted octanol–water partition coefficient (Wildman–Crippen LogP) is 4.13. The zero-order chi connectivity index (χ0) is 13.9. The van der Waals surface area contributed by atoms with Crippen molar-refractivity contribution < 1.29 is 9.15 Å². The Morgan fingerprint density at radius 1 is 1.05 bits per heavy atom. The molecule has 2 aromatic carbocycles. The third-order valence-corrected chi connectivity index (χ3v) is 3.72. The van der Waals surface area contributed by atoms with Crippen molar-refractivity contribution in [2.75, 3.05) is 0 Å². The topological polar surface area (TPSA) is 39.4 Å². The van der Waals surface area contributed by atoms with E-state index in [0.717, 1.165) is 15.4 Å². The van der Waals surface area contributed by atoms with Gasteiger partial charge in [0.05, 0.1) is 0 Å². The van der Waals surface area contributed by atoms with Crippen molar-refractivity contribution in [3.05, 3.63) is 75.1 Å². The van der Waals surface area contributed by atoms with Gasteiger partial charge in [-0.3, -0.25) is 0 Å². The van der Waals surface area contributed by atoms with Crippen molar-refractivity contribution in [2.45, 2.75) is 6.61 Å². The lowest BCUT2D eigenvalue weighted by atomic mass is 10.2. The van der Waals surface area contributed by atoms with Crippen LogP contribution in [0.2, 0.25) is 0 Å². The second kappa shape index (κ2) is 5.51. The second-order valence-electron chi connectivity index (χ2n) is 4.32. The Bertz CT molecular complexity index is 808. The van der Waals surface area contributed by atoms with Gasteiger partial charge in [-0.1, -0.05) is 52.3 Å². The molecule has 3 nitrogen and oxygen atoms in total. The number of fused-ring (bicyclic) bond motifs is 1. The average molecular weight is 331 g/mol. The van der Waals surface area contributed by atoms with Crippen LogP contribution in [0, 0.1) is 0 Å². The Kier molecular flexibility index (Phi) is 3.56. The van der Waals surface area contributed by atoms with Gasteiger partial charge in [0, 0.05) is 15.4 Å². The molecule has 0 saturated carbocycles. The largest absolute Gasteiger partial charge is 0.482 e. The van der Waals surface area contributed by atoms with E-state index in [1.165, 1.54) is 0 Å². The minimum atomic E-state index is -0.462. The highest BCUT2D eigenvalue weighted by molar-refractivity contribution is 9.10. The molecule has 0 aliphatic rings.